The minimum Gasteiger partial charge on any atom is -0.481 e. The molecule has 88 valence electrons. The Labute approximate surface area is 97.3 Å². The highest BCUT2D eigenvalue weighted by molar-refractivity contribution is 5.76. The van der Waals surface area contributed by atoms with E-state index in [1.807, 2.05) is 19.1 Å². The molecule has 0 bridgehead atoms. The number of aliphatic carboxylic acids is 1. The van der Waals surface area contributed by atoms with Gasteiger partial charge >= 0.3 is 5.97 Å². The predicted molar refractivity (Wildman–Crippen MR) is 65.9 cm³/mol. The van der Waals surface area contributed by atoms with Gasteiger partial charge in [-0.25, -0.2) is 0 Å². The molecule has 0 radical (unpaired) electrons. The number of hydrogen-bond acceptors (Lipinski definition) is 1. The standard InChI is InChI=1S/C14H20O2/c1-9-6-7-11(14(3,4)5)8-12(9)10(2)13(15)16/h6-8,10H,1-5H3,(H,15,16). The summed E-state index contributed by atoms with van der Waals surface area (Å²) in [7, 11) is 0. The summed E-state index contributed by atoms with van der Waals surface area (Å²) in [5.41, 5.74) is 3.20. The van der Waals surface area contributed by atoms with Crippen molar-refractivity contribution in [3.8, 4) is 0 Å². The molecular weight excluding hydrogens is 200 g/mol. The Balaban J connectivity index is 3.24. The number of aryl methyl sites for hydroxylation is 1. The second kappa shape index (κ2) is 4.28. The van der Waals surface area contributed by atoms with Crippen LogP contribution in [0.4, 0.5) is 0 Å². The van der Waals surface area contributed by atoms with Crippen LogP contribution in [0.3, 0.4) is 0 Å². The average molecular weight is 220 g/mol. The molecule has 2 nitrogen and oxygen atoms in total. The molecule has 0 heterocycles. The van der Waals surface area contributed by atoms with E-state index in [4.69, 9.17) is 5.11 Å². The van der Waals surface area contributed by atoms with Crippen molar-refractivity contribution in [3.05, 3.63) is 34.9 Å². The van der Waals surface area contributed by atoms with Gasteiger partial charge in [-0.1, -0.05) is 39.0 Å². The van der Waals surface area contributed by atoms with E-state index in [1.54, 1.807) is 6.92 Å². The summed E-state index contributed by atoms with van der Waals surface area (Å²) in [5.74, 6) is -1.21. The van der Waals surface area contributed by atoms with Crippen LogP contribution < -0.4 is 0 Å². The maximum absolute atomic E-state index is 11.0. The topological polar surface area (TPSA) is 37.3 Å². The van der Waals surface area contributed by atoms with E-state index in [2.05, 4.69) is 26.8 Å². The van der Waals surface area contributed by atoms with Gasteiger partial charge in [-0.2, -0.15) is 0 Å². The monoisotopic (exact) mass is 220 g/mol. The molecule has 0 aliphatic heterocycles. The quantitative estimate of drug-likeness (QED) is 0.828. The van der Waals surface area contributed by atoms with Crippen molar-refractivity contribution in [1.82, 2.24) is 0 Å². The lowest BCUT2D eigenvalue weighted by Gasteiger charge is -2.21. The van der Waals surface area contributed by atoms with E-state index in [-0.39, 0.29) is 5.41 Å². The molecule has 1 atom stereocenters. The Morgan fingerprint density at radius 1 is 1.31 bits per heavy atom. The van der Waals surface area contributed by atoms with Gasteiger partial charge in [-0.3, -0.25) is 4.79 Å². The number of rotatable bonds is 2. The van der Waals surface area contributed by atoms with Crippen LogP contribution in [0.2, 0.25) is 0 Å². The first kappa shape index (κ1) is 12.8. The van der Waals surface area contributed by atoms with Crippen LogP contribution in [0.5, 0.6) is 0 Å². The molecular formula is C14H20O2. The normalized spacial score (nSPS) is 13.6. The molecule has 0 aromatic heterocycles. The van der Waals surface area contributed by atoms with Crippen LogP contribution in [-0.4, -0.2) is 11.1 Å². The average Bonchev–Trinajstić information content (AvgIpc) is 2.15. The third-order valence-electron chi connectivity index (χ3n) is 2.98. The van der Waals surface area contributed by atoms with E-state index in [0.29, 0.717) is 0 Å². The third kappa shape index (κ3) is 2.63. The summed E-state index contributed by atoms with van der Waals surface area (Å²) in [6.45, 7) is 10.1. The van der Waals surface area contributed by atoms with Gasteiger partial charge < -0.3 is 5.11 Å². The highest BCUT2D eigenvalue weighted by Crippen LogP contribution is 2.28. The zero-order chi connectivity index (χ0) is 12.5. The van der Waals surface area contributed by atoms with Crippen molar-refractivity contribution in [3.63, 3.8) is 0 Å². The molecule has 1 rings (SSSR count). The van der Waals surface area contributed by atoms with E-state index in [0.717, 1.165) is 11.1 Å². The largest absolute Gasteiger partial charge is 0.481 e. The zero-order valence-corrected chi connectivity index (χ0v) is 10.7. The lowest BCUT2D eigenvalue weighted by molar-refractivity contribution is -0.138. The van der Waals surface area contributed by atoms with E-state index >= 15 is 0 Å². The maximum Gasteiger partial charge on any atom is 0.310 e. The molecule has 0 fully saturated rings. The highest BCUT2D eigenvalue weighted by Gasteiger charge is 2.20. The van der Waals surface area contributed by atoms with Crippen LogP contribution in [-0.2, 0) is 10.2 Å². The lowest BCUT2D eigenvalue weighted by Crippen LogP contribution is -2.14. The van der Waals surface area contributed by atoms with Gasteiger partial charge in [0.05, 0.1) is 5.92 Å². The van der Waals surface area contributed by atoms with E-state index in [1.165, 1.54) is 5.56 Å². The first-order valence-corrected chi connectivity index (χ1v) is 5.57. The van der Waals surface area contributed by atoms with Crippen molar-refractivity contribution >= 4 is 5.97 Å². The molecule has 0 saturated carbocycles. The maximum atomic E-state index is 11.0. The second-order valence-corrected chi connectivity index (χ2v) is 5.38. The fourth-order valence-corrected chi connectivity index (χ4v) is 1.71. The molecule has 1 aromatic rings. The van der Waals surface area contributed by atoms with Crippen molar-refractivity contribution in [1.29, 1.82) is 0 Å². The summed E-state index contributed by atoms with van der Waals surface area (Å²) < 4.78 is 0. The Morgan fingerprint density at radius 2 is 1.88 bits per heavy atom. The van der Waals surface area contributed by atoms with Crippen LogP contribution in [0.15, 0.2) is 18.2 Å². The zero-order valence-electron chi connectivity index (χ0n) is 10.7. The summed E-state index contributed by atoms with van der Waals surface area (Å²) in [6.07, 6.45) is 0. The van der Waals surface area contributed by atoms with E-state index < -0.39 is 11.9 Å². The minimum absolute atomic E-state index is 0.0562. The van der Waals surface area contributed by atoms with Crippen LogP contribution in [0.25, 0.3) is 0 Å². The third-order valence-corrected chi connectivity index (χ3v) is 2.98. The Kier molecular flexibility index (Phi) is 3.41. The molecule has 0 aliphatic rings. The van der Waals surface area contributed by atoms with Crippen molar-refractivity contribution in [2.75, 3.05) is 0 Å². The number of carbonyl (C=O) groups is 1. The van der Waals surface area contributed by atoms with Crippen LogP contribution >= 0.6 is 0 Å². The number of benzene rings is 1. The van der Waals surface area contributed by atoms with Crippen LogP contribution in [0.1, 0.15) is 50.3 Å². The summed E-state index contributed by atoms with van der Waals surface area (Å²) in [4.78, 5) is 11.0. The second-order valence-electron chi connectivity index (χ2n) is 5.38. The summed E-state index contributed by atoms with van der Waals surface area (Å²) >= 11 is 0. The molecule has 2 heteroatoms. The Bertz CT molecular complexity index is 400. The van der Waals surface area contributed by atoms with Crippen molar-refractivity contribution in [2.45, 2.75) is 46.0 Å². The number of carboxylic acids is 1. The molecule has 1 aromatic carbocycles. The summed E-state index contributed by atoms with van der Waals surface area (Å²) in [6, 6.07) is 6.11. The van der Waals surface area contributed by atoms with Crippen LogP contribution in [0, 0.1) is 6.92 Å². The predicted octanol–water partition coefficient (Wildman–Crippen LogP) is 3.48. The molecule has 1 unspecified atom stereocenters. The number of carboxylic acid groups (broad SMARTS) is 1. The lowest BCUT2D eigenvalue weighted by atomic mass is 9.83. The Hall–Kier alpha value is -1.31. The van der Waals surface area contributed by atoms with Gasteiger partial charge in [0.15, 0.2) is 0 Å². The molecule has 1 N–H and O–H groups in total. The van der Waals surface area contributed by atoms with Gasteiger partial charge in [0.2, 0.25) is 0 Å². The molecule has 16 heavy (non-hydrogen) atoms. The smallest absolute Gasteiger partial charge is 0.310 e. The molecule has 0 amide bonds. The van der Waals surface area contributed by atoms with Gasteiger partial charge in [-0.15, -0.1) is 0 Å². The molecule has 0 spiro atoms. The van der Waals surface area contributed by atoms with Crippen molar-refractivity contribution < 1.29 is 9.90 Å². The first-order chi connectivity index (χ1) is 7.23. The summed E-state index contributed by atoms with van der Waals surface area (Å²) in [5, 5.41) is 9.05. The highest BCUT2D eigenvalue weighted by atomic mass is 16.4. The van der Waals surface area contributed by atoms with Gasteiger partial charge in [-0.05, 0) is 36.0 Å². The van der Waals surface area contributed by atoms with Gasteiger partial charge in [0.25, 0.3) is 0 Å². The SMILES string of the molecule is Cc1ccc(C(C)(C)C)cc1C(C)C(=O)O. The molecule has 0 aliphatic carbocycles. The van der Waals surface area contributed by atoms with Gasteiger partial charge in [0, 0.05) is 0 Å². The Morgan fingerprint density at radius 3 is 2.31 bits per heavy atom. The first-order valence-electron chi connectivity index (χ1n) is 5.57. The minimum atomic E-state index is -0.769. The van der Waals surface area contributed by atoms with E-state index in [9.17, 15) is 4.79 Å². The molecule has 0 saturated heterocycles. The van der Waals surface area contributed by atoms with Crippen molar-refractivity contribution in [2.24, 2.45) is 0 Å². The number of hydrogen-bond donors (Lipinski definition) is 1. The van der Waals surface area contributed by atoms with Gasteiger partial charge in [0.1, 0.15) is 0 Å². The fourth-order valence-electron chi connectivity index (χ4n) is 1.71. The fraction of sp³-hybridized carbons (Fsp3) is 0.500.